The molecule has 0 saturated carbocycles. The van der Waals surface area contributed by atoms with Crippen LogP contribution in [0.3, 0.4) is 0 Å². The largest absolute Gasteiger partial charge is 0.329 e. The number of carbonyl (C=O) groups excluding carboxylic acids is 1. The topological polar surface area (TPSA) is 58.4 Å². The molecule has 1 aromatic carbocycles. The molecule has 0 fully saturated rings. The lowest BCUT2D eigenvalue weighted by Gasteiger charge is -2.16. The van der Waals surface area contributed by atoms with Gasteiger partial charge in [0, 0.05) is 13.1 Å². The van der Waals surface area contributed by atoms with E-state index in [-0.39, 0.29) is 5.91 Å². The number of anilines is 1. The number of nitrogens with two attached hydrogens (primary N) is 1. The fraction of sp³-hybridized carbons (Fsp3) is 0.462. The molecule has 18 heavy (non-hydrogen) atoms. The van der Waals surface area contributed by atoms with E-state index < -0.39 is 0 Å². The Morgan fingerprint density at radius 2 is 2.11 bits per heavy atom. The molecule has 100 valence electrons. The number of benzene rings is 1. The molecule has 3 N–H and O–H groups in total. The van der Waals surface area contributed by atoms with E-state index in [1.165, 1.54) is 0 Å². The van der Waals surface area contributed by atoms with Crippen LogP contribution in [0.15, 0.2) is 12.1 Å². The van der Waals surface area contributed by atoms with Crippen molar-refractivity contribution < 1.29 is 4.79 Å². The van der Waals surface area contributed by atoms with Crippen LogP contribution >= 0.6 is 11.6 Å². The molecule has 1 rings (SSSR count). The second kappa shape index (κ2) is 6.73. The first kappa shape index (κ1) is 15.0. The highest BCUT2D eigenvalue weighted by Gasteiger charge is 2.11. The van der Waals surface area contributed by atoms with Crippen molar-refractivity contribution in [2.45, 2.75) is 13.8 Å². The van der Waals surface area contributed by atoms with Crippen LogP contribution in [0.1, 0.15) is 11.1 Å². The number of halogens is 1. The third-order valence-corrected chi connectivity index (χ3v) is 2.92. The van der Waals surface area contributed by atoms with Crippen LogP contribution in [0.4, 0.5) is 5.69 Å². The minimum absolute atomic E-state index is 0.0835. The van der Waals surface area contributed by atoms with Crippen LogP contribution in [0.25, 0.3) is 0 Å². The zero-order valence-corrected chi connectivity index (χ0v) is 11.8. The summed E-state index contributed by atoms with van der Waals surface area (Å²) in [5.41, 5.74) is 8.16. The molecule has 0 aliphatic heterocycles. The summed E-state index contributed by atoms with van der Waals surface area (Å²) in [6.07, 6.45) is 0. The number of aryl methyl sites for hydroxylation is 2. The molecule has 0 aliphatic rings. The lowest BCUT2D eigenvalue weighted by atomic mass is 10.1. The number of carbonyl (C=O) groups is 1. The van der Waals surface area contributed by atoms with E-state index in [4.69, 9.17) is 17.3 Å². The molecule has 0 saturated heterocycles. The number of nitrogens with one attached hydrogen (secondary N) is 1. The minimum atomic E-state index is -0.0835. The minimum Gasteiger partial charge on any atom is -0.329 e. The highest BCUT2D eigenvalue weighted by molar-refractivity contribution is 6.34. The Labute approximate surface area is 113 Å². The van der Waals surface area contributed by atoms with E-state index in [2.05, 4.69) is 5.32 Å². The maximum atomic E-state index is 11.8. The van der Waals surface area contributed by atoms with Crippen LogP contribution < -0.4 is 11.1 Å². The zero-order valence-electron chi connectivity index (χ0n) is 11.1. The van der Waals surface area contributed by atoms with E-state index in [9.17, 15) is 4.79 Å². The van der Waals surface area contributed by atoms with Gasteiger partial charge in [-0.05, 0) is 38.1 Å². The van der Waals surface area contributed by atoms with Crippen molar-refractivity contribution >= 4 is 23.2 Å². The van der Waals surface area contributed by atoms with Crippen molar-refractivity contribution in [3.63, 3.8) is 0 Å². The molecular formula is C13H20ClN3O. The van der Waals surface area contributed by atoms with Crippen LogP contribution in [0, 0.1) is 13.8 Å². The highest BCUT2D eigenvalue weighted by Crippen LogP contribution is 2.27. The van der Waals surface area contributed by atoms with Gasteiger partial charge < -0.3 is 11.1 Å². The fourth-order valence-electron chi connectivity index (χ4n) is 1.80. The predicted molar refractivity (Wildman–Crippen MR) is 76.1 cm³/mol. The monoisotopic (exact) mass is 269 g/mol. The van der Waals surface area contributed by atoms with E-state index in [0.29, 0.717) is 30.3 Å². The molecule has 0 aromatic heterocycles. The smallest absolute Gasteiger partial charge is 0.238 e. The average molecular weight is 270 g/mol. The first-order valence-corrected chi connectivity index (χ1v) is 6.27. The van der Waals surface area contributed by atoms with Gasteiger partial charge in [0.1, 0.15) is 0 Å². The van der Waals surface area contributed by atoms with Crippen molar-refractivity contribution in [3.8, 4) is 0 Å². The van der Waals surface area contributed by atoms with Gasteiger partial charge in [0.25, 0.3) is 0 Å². The summed E-state index contributed by atoms with van der Waals surface area (Å²) in [6.45, 7) is 5.43. The first-order valence-electron chi connectivity index (χ1n) is 5.89. The summed E-state index contributed by atoms with van der Waals surface area (Å²) in [7, 11) is 1.86. The number of hydrogen-bond donors (Lipinski definition) is 2. The van der Waals surface area contributed by atoms with Gasteiger partial charge in [0.15, 0.2) is 0 Å². The van der Waals surface area contributed by atoms with Gasteiger partial charge in [0.2, 0.25) is 5.91 Å². The fourth-order valence-corrected chi connectivity index (χ4v) is 2.17. The Hall–Kier alpha value is -1.10. The summed E-state index contributed by atoms with van der Waals surface area (Å²) < 4.78 is 0. The van der Waals surface area contributed by atoms with Gasteiger partial charge in [0.05, 0.1) is 17.3 Å². The highest BCUT2D eigenvalue weighted by atomic mass is 35.5. The number of amides is 1. The maximum Gasteiger partial charge on any atom is 0.238 e. The molecule has 0 spiro atoms. The molecule has 0 atom stereocenters. The Bertz CT molecular complexity index is 411. The molecular weight excluding hydrogens is 250 g/mol. The summed E-state index contributed by atoms with van der Waals surface area (Å²) >= 11 is 6.13. The number of likely N-dealkylation sites (N-methyl/N-ethyl adjacent to an activating group) is 1. The van der Waals surface area contributed by atoms with E-state index in [1.807, 2.05) is 37.9 Å². The van der Waals surface area contributed by atoms with Crippen LogP contribution in [-0.4, -0.2) is 37.5 Å². The molecule has 1 amide bonds. The Balaban J connectivity index is 2.70. The van der Waals surface area contributed by atoms with Crippen molar-refractivity contribution in [2.24, 2.45) is 5.73 Å². The molecule has 0 bridgehead atoms. The normalized spacial score (nSPS) is 10.8. The number of nitrogens with zero attached hydrogens (tertiary/aromatic N) is 1. The standard InChI is InChI=1S/C13H20ClN3O/c1-9-6-10(2)13(11(14)7-9)16-12(18)8-17(3)5-4-15/h6-7H,4-5,8,15H2,1-3H3,(H,16,18). The Morgan fingerprint density at radius 1 is 1.44 bits per heavy atom. The molecule has 0 radical (unpaired) electrons. The third kappa shape index (κ3) is 4.29. The Morgan fingerprint density at radius 3 is 2.67 bits per heavy atom. The molecule has 0 heterocycles. The zero-order chi connectivity index (χ0) is 13.7. The van der Waals surface area contributed by atoms with Crippen LogP contribution in [-0.2, 0) is 4.79 Å². The van der Waals surface area contributed by atoms with Crippen LogP contribution in [0.2, 0.25) is 5.02 Å². The second-order valence-electron chi connectivity index (χ2n) is 4.51. The van der Waals surface area contributed by atoms with E-state index in [0.717, 1.165) is 11.1 Å². The van der Waals surface area contributed by atoms with Gasteiger partial charge in [-0.2, -0.15) is 0 Å². The van der Waals surface area contributed by atoms with Crippen molar-refractivity contribution in [3.05, 3.63) is 28.3 Å². The summed E-state index contributed by atoms with van der Waals surface area (Å²) in [5, 5.41) is 3.41. The molecule has 0 unspecified atom stereocenters. The predicted octanol–water partition coefficient (Wildman–Crippen LogP) is 1.79. The van der Waals surface area contributed by atoms with Crippen molar-refractivity contribution in [1.29, 1.82) is 0 Å². The lowest BCUT2D eigenvalue weighted by Crippen LogP contribution is -2.33. The van der Waals surface area contributed by atoms with Gasteiger partial charge in [-0.15, -0.1) is 0 Å². The molecule has 1 aromatic rings. The van der Waals surface area contributed by atoms with Crippen molar-refractivity contribution in [2.75, 3.05) is 32.0 Å². The van der Waals surface area contributed by atoms with E-state index >= 15 is 0 Å². The van der Waals surface area contributed by atoms with Gasteiger partial charge in [-0.1, -0.05) is 17.7 Å². The Kier molecular flexibility index (Phi) is 5.59. The third-order valence-electron chi connectivity index (χ3n) is 2.62. The van der Waals surface area contributed by atoms with Gasteiger partial charge in [-0.25, -0.2) is 0 Å². The summed E-state index contributed by atoms with van der Waals surface area (Å²) in [4.78, 5) is 13.7. The summed E-state index contributed by atoms with van der Waals surface area (Å²) in [5.74, 6) is -0.0835. The second-order valence-corrected chi connectivity index (χ2v) is 4.92. The first-order chi connectivity index (χ1) is 8.43. The number of rotatable bonds is 5. The van der Waals surface area contributed by atoms with Gasteiger partial charge in [-0.3, -0.25) is 9.69 Å². The summed E-state index contributed by atoms with van der Waals surface area (Å²) in [6, 6.07) is 3.83. The SMILES string of the molecule is Cc1cc(C)c(NC(=O)CN(C)CCN)c(Cl)c1. The average Bonchev–Trinajstić information content (AvgIpc) is 2.23. The van der Waals surface area contributed by atoms with E-state index in [1.54, 1.807) is 0 Å². The van der Waals surface area contributed by atoms with Crippen molar-refractivity contribution in [1.82, 2.24) is 4.90 Å². The van der Waals surface area contributed by atoms with Gasteiger partial charge >= 0.3 is 0 Å². The quantitative estimate of drug-likeness (QED) is 0.857. The maximum absolute atomic E-state index is 11.8. The number of hydrogen-bond acceptors (Lipinski definition) is 3. The molecule has 5 heteroatoms. The molecule has 4 nitrogen and oxygen atoms in total. The lowest BCUT2D eigenvalue weighted by molar-refractivity contribution is -0.117. The van der Waals surface area contributed by atoms with Crippen LogP contribution in [0.5, 0.6) is 0 Å². The molecule has 0 aliphatic carbocycles.